The number of nitrogens with two attached hydrogens (primary N) is 1. The van der Waals surface area contributed by atoms with Gasteiger partial charge in [-0.3, -0.25) is 4.79 Å². The lowest BCUT2D eigenvalue weighted by Crippen LogP contribution is -2.36. The van der Waals surface area contributed by atoms with E-state index >= 15 is 0 Å². The van der Waals surface area contributed by atoms with Gasteiger partial charge in [0.1, 0.15) is 5.82 Å². The van der Waals surface area contributed by atoms with Crippen molar-refractivity contribution in [2.75, 3.05) is 12.3 Å². The molecular weight excluding hydrogens is 265 g/mol. The molecule has 0 aromatic carbocycles. The number of halogens is 3. The molecule has 19 heavy (non-hydrogen) atoms. The minimum Gasteiger partial charge on any atom is -0.382 e. The number of anilines is 1. The summed E-state index contributed by atoms with van der Waals surface area (Å²) in [7, 11) is 1.42. The van der Waals surface area contributed by atoms with E-state index in [1.165, 1.54) is 13.2 Å². The maximum atomic E-state index is 11.8. The molecule has 0 bridgehead atoms. The Bertz CT molecular complexity index is 610. The number of nitrogens with one attached hydrogen (secondary N) is 1. The lowest BCUT2D eigenvalue weighted by atomic mass is 10.3. The molecule has 0 saturated carbocycles. The molecule has 9 heteroatoms. The smallest absolute Gasteiger partial charge is 0.382 e. The monoisotopic (exact) mass is 274 g/mol. The van der Waals surface area contributed by atoms with Crippen LogP contribution in [0.1, 0.15) is 5.56 Å². The van der Waals surface area contributed by atoms with Crippen molar-refractivity contribution in [3.05, 3.63) is 22.2 Å². The molecule has 0 unspecified atom stereocenters. The number of carbonyl (C=O) groups excluding carboxylic acids is 1. The predicted molar refractivity (Wildman–Crippen MR) is 59.8 cm³/mol. The molecule has 1 rings (SSSR count). The van der Waals surface area contributed by atoms with Crippen LogP contribution >= 0.6 is 0 Å². The van der Waals surface area contributed by atoms with Crippen LogP contribution in [0.2, 0.25) is 0 Å². The topological polar surface area (TPSA) is 90.0 Å². The Hall–Kier alpha value is -2.50. The molecule has 0 saturated heterocycles. The van der Waals surface area contributed by atoms with E-state index < -0.39 is 24.3 Å². The number of hydrogen-bond donors (Lipinski definition) is 2. The zero-order chi connectivity index (χ0) is 14.6. The molecule has 0 spiro atoms. The zero-order valence-corrected chi connectivity index (χ0v) is 9.71. The third-order valence-electron chi connectivity index (χ3n) is 1.93. The van der Waals surface area contributed by atoms with Crippen LogP contribution in [-0.4, -0.2) is 28.2 Å². The van der Waals surface area contributed by atoms with Gasteiger partial charge in [0.15, 0.2) is 0 Å². The highest BCUT2D eigenvalue weighted by Gasteiger charge is 2.38. The lowest BCUT2D eigenvalue weighted by Gasteiger charge is -2.04. The summed E-state index contributed by atoms with van der Waals surface area (Å²) in [5.74, 6) is 2.48. The first kappa shape index (κ1) is 14.6. The van der Waals surface area contributed by atoms with Crippen molar-refractivity contribution in [1.82, 2.24) is 14.9 Å². The molecule has 0 aliphatic heterocycles. The number of hydrogen-bond acceptors (Lipinski definition) is 4. The summed E-state index contributed by atoms with van der Waals surface area (Å²) in [5.41, 5.74) is 5.02. The van der Waals surface area contributed by atoms with Crippen LogP contribution in [0, 0.1) is 11.8 Å². The Morgan fingerprint density at radius 2 is 2.21 bits per heavy atom. The highest BCUT2D eigenvalue weighted by atomic mass is 19.4. The molecule has 1 aromatic rings. The fourth-order valence-corrected chi connectivity index (χ4v) is 1.02. The van der Waals surface area contributed by atoms with Gasteiger partial charge < -0.3 is 15.6 Å². The molecule has 6 nitrogen and oxygen atoms in total. The van der Waals surface area contributed by atoms with Crippen molar-refractivity contribution in [3.63, 3.8) is 0 Å². The second-order valence-corrected chi connectivity index (χ2v) is 3.42. The molecule has 0 aliphatic rings. The van der Waals surface area contributed by atoms with E-state index in [1.807, 2.05) is 0 Å². The first-order chi connectivity index (χ1) is 8.71. The van der Waals surface area contributed by atoms with Gasteiger partial charge in [-0.15, -0.1) is 0 Å². The number of nitrogens with zero attached hydrogens (tertiary/aromatic N) is 2. The van der Waals surface area contributed by atoms with Crippen molar-refractivity contribution in [2.45, 2.75) is 6.18 Å². The fraction of sp³-hybridized carbons (Fsp3) is 0.300. The van der Waals surface area contributed by atoms with E-state index in [2.05, 4.69) is 16.8 Å². The van der Waals surface area contributed by atoms with Crippen LogP contribution in [0.4, 0.5) is 19.0 Å². The SMILES string of the molecule is Cn1cc(C#CCNC(=O)C(F)(F)F)c(N)nc1=O. The summed E-state index contributed by atoms with van der Waals surface area (Å²) in [6.45, 7) is -0.499. The van der Waals surface area contributed by atoms with Crippen molar-refractivity contribution in [3.8, 4) is 11.8 Å². The summed E-state index contributed by atoms with van der Waals surface area (Å²) in [4.78, 5) is 25.0. The van der Waals surface area contributed by atoms with Crippen molar-refractivity contribution in [2.24, 2.45) is 7.05 Å². The second kappa shape index (κ2) is 5.43. The molecule has 0 radical (unpaired) electrons. The number of rotatable bonds is 1. The van der Waals surface area contributed by atoms with E-state index in [9.17, 15) is 22.8 Å². The summed E-state index contributed by atoms with van der Waals surface area (Å²) in [5, 5.41) is 1.57. The molecule has 0 aliphatic carbocycles. The highest BCUT2D eigenvalue weighted by molar-refractivity contribution is 5.81. The molecule has 1 aromatic heterocycles. The molecule has 0 fully saturated rings. The van der Waals surface area contributed by atoms with Gasteiger partial charge in [-0.05, 0) is 0 Å². The summed E-state index contributed by atoms with van der Waals surface area (Å²) in [6, 6.07) is 0. The predicted octanol–water partition coefficient (Wildman–Crippen LogP) is -0.608. The van der Waals surface area contributed by atoms with E-state index in [0.29, 0.717) is 0 Å². The molecule has 3 N–H and O–H groups in total. The van der Waals surface area contributed by atoms with Gasteiger partial charge >= 0.3 is 17.8 Å². The Balaban J connectivity index is 2.73. The summed E-state index contributed by atoms with van der Waals surface area (Å²) < 4.78 is 36.6. The second-order valence-electron chi connectivity index (χ2n) is 3.42. The Kier molecular flexibility index (Phi) is 4.16. The lowest BCUT2D eigenvalue weighted by molar-refractivity contribution is -0.173. The number of nitrogen functional groups attached to an aromatic ring is 1. The van der Waals surface area contributed by atoms with Crippen molar-refractivity contribution < 1.29 is 18.0 Å². The molecular formula is C10H9F3N4O2. The van der Waals surface area contributed by atoms with Gasteiger partial charge in [0.05, 0.1) is 12.1 Å². The van der Waals surface area contributed by atoms with Crippen LogP contribution in [0.5, 0.6) is 0 Å². The number of aromatic nitrogens is 2. The van der Waals surface area contributed by atoms with Gasteiger partial charge in [0.25, 0.3) is 0 Å². The van der Waals surface area contributed by atoms with Crippen molar-refractivity contribution in [1.29, 1.82) is 0 Å². The number of amides is 1. The zero-order valence-electron chi connectivity index (χ0n) is 9.71. The standard InChI is InChI=1S/C10H9F3N4O2/c1-17-5-6(7(14)16-9(17)19)3-2-4-15-8(18)10(11,12)13/h5H,4H2,1H3,(H,15,18)(H2,14,16,19). The Morgan fingerprint density at radius 1 is 1.58 bits per heavy atom. The molecule has 1 amide bonds. The average molecular weight is 274 g/mol. The number of carbonyl (C=O) groups is 1. The van der Waals surface area contributed by atoms with Gasteiger partial charge in [-0.25, -0.2) is 4.79 Å². The van der Waals surface area contributed by atoms with E-state index in [1.54, 1.807) is 5.32 Å². The van der Waals surface area contributed by atoms with Crippen LogP contribution in [-0.2, 0) is 11.8 Å². The third kappa shape index (κ3) is 4.02. The Labute approximate surface area is 105 Å². The number of aryl methyl sites for hydroxylation is 1. The van der Waals surface area contributed by atoms with Crippen molar-refractivity contribution >= 4 is 11.7 Å². The minimum atomic E-state index is -4.95. The fourth-order valence-electron chi connectivity index (χ4n) is 1.02. The maximum Gasteiger partial charge on any atom is 0.471 e. The van der Waals surface area contributed by atoms with Gasteiger partial charge in [-0.2, -0.15) is 18.2 Å². The van der Waals surface area contributed by atoms with E-state index in [4.69, 9.17) is 5.73 Å². The van der Waals surface area contributed by atoms with Crippen LogP contribution in [0.25, 0.3) is 0 Å². The van der Waals surface area contributed by atoms with Crippen LogP contribution in [0.15, 0.2) is 11.0 Å². The van der Waals surface area contributed by atoms with Gasteiger partial charge in [-0.1, -0.05) is 11.8 Å². The Morgan fingerprint density at radius 3 is 2.79 bits per heavy atom. The van der Waals surface area contributed by atoms with Crippen LogP contribution in [0.3, 0.4) is 0 Å². The molecule has 1 heterocycles. The van der Waals surface area contributed by atoms with Gasteiger partial charge in [0, 0.05) is 13.2 Å². The average Bonchev–Trinajstić information content (AvgIpc) is 2.29. The van der Waals surface area contributed by atoms with E-state index in [0.717, 1.165) is 4.57 Å². The normalized spacial score (nSPS) is 10.5. The van der Waals surface area contributed by atoms with Gasteiger partial charge in [0.2, 0.25) is 0 Å². The molecule has 0 atom stereocenters. The molecule has 102 valence electrons. The minimum absolute atomic E-state index is 0.127. The quantitative estimate of drug-likeness (QED) is 0.669. The number of alkyl halides is 3. The summed E-state index contributed by atoms with van der Waals surface area (Å²) in [6.07, 6.45) is -3.65. The largest absolute Gasteiger partial charge is 0.471 e. The maximum absolute atomic E-state index is 11.8. The first-order valence-electron chi connectivity index (χ1n) is 4.89. The third-order valence-corrected chi connectivity index (χ3v) is 1.93. The summed E-state index contributed by atoms with van der Waals surface area (Å²) >= 11 is 0. The van der Waals surface area contributed by atoms with E-state index in [-0.39, 0.29) is 11.4 Å². The van der Waals surface area contributed by atoms with Crippen LogP contribution < -0.4 is 16.7 Å². The first-order valence-corrected chi connectivity index (χ1v) is 4.89. The highest BCUT2D eigenvalue weighted by Crippen LogP contribution is 2.13.